The molecule has 0 aliphatic rings. The molecule has 1 rings (SSSR count). The van der Waals surface area contributed by atoms with Gasteiger partial charge in [-0.1, -0.05) is 5.92 Å². The summed E-state index contributed by atoms with van der Waals surface area (Å²) in [6, 6.07) is 3.16. The van der Waals surface area contributed by atoms with Crippen LogP contribution < -0.4 is 5.32 Å². The van der Waals surface area contributed by atoms with Crippen molar-refractivity contribution >= 4 is 5.69 Å². The fourth-order valence-electron chi connectivity index (χ4n) is 0.779. The first-order valence-corrected chi connectivity index (χ1v) is 3.36. The van der Waals surface area contributed by atoms with E-state index in [1.54, 1.807) is 0 Å². The van der Waals surface area contributed by atoms with Crippen molar-refractivity contribution in [3.63, 3.8) is 0 Å². The summed E-state index contributed by atoms with van der Waals surface area (Å²) in [5.74, 6) is 1.27. The van der Waals surface area contributed by atoms with Crippen molar-refractivity contribution in [1.82, 2.24) is 0 Å². The van der Waals surface area contributed by atoms with Crippen molar-refractivity contribution in [2.45, 2.75) is 0 Å². The van der Waals surface area contributed by atoms with Crippen molar-refractivity contribution in [3.05, 3.63) is 29.8 Å². The van der Waals surface area contributed by atoms with Gasteiger partial charge in [0.05, 0.1) is 12.2 Å². The Kier molecular flexibility index (Phi) is 2.65. The molecule has 0 saturated heterocycles. The lowest BCUT2D eigenvalue weighted by Gasteiger charge is -2.02. The van der Waals surface area contributed by atoms with Crippen LogP contribution in [-0.4, -0.2) is 6.54 Å². The largest absolute Gasteiger partial charge is 0.372 e. The normalized spacial score (nSPS) is 9.08. The lowest BCUT2D eigenvalue weighted by molar-refractivity contribution is 0.603. The van der Waals surface area contributed by atoms with Crippen molar-refractivity contribution < 1.29 is 8.78 Å². The molecule has 62 valence electrons. The molecule has 12 heavy (non-hydrogen) atoms. The van der Waals surface area contributed by atoms with Crippen LogP contribution in [0.1, 0.15) is 0 Å². The van der Waals surface area contributed by atoms with Crippen LogP contribution in [0.2, 0.25) is 0 Å². The molecule has 0 amide bonds. The molecular formula is C9H7F2N. The second-order valence-corrected chi connectivity index (χ2v) is 2.18. The van der Waals surface area contributed by atoms with Crippen molar-refractivity contribution in [3.8, 4) is 12.3 Å². The van der Waals surface area contributed by atoms with E-state index in [1.807, 2.05) is 0 Å². The van der Waals surface area contributed by atoms with E-state index in [-0.39, 0.29) is 12.2 Å². The monoisotopic (exact) mass is 167 g/mol. The Hall–Kier alpha value is -1.56. The maximum absolute atomic E-state index is 12.8. The third-order valence-electron chi connectivity index (χ3n) is 1.31. The fourth-order valence-corrected chi connectivity index (χ4v) is 0.779. The highest BCUT2D eigenvalue weighted by atomic mass is 19.1. The zero-order valence-electron chi connectivity index (χ0n) is 6.27. The minimum Gasteiger partial charge on any atom is -0.372 e. The summed E-state index contributed by atoms with van der Waals surface area (Å²) < 4.78 is 25.3. The van der Waals surface area contributed by atoms with E-state index >= 15 is 0 Å². The summed E-state index contributed by atoms with van der Waals surface area (Å²) in [6.45, 7) is 0.181. The van der Waals surface area contributed by atoms with Gasteiger partial charge in [0.2, 0.25) is 0 Å². The number of halogens is 2. The summed E-state index contributed by atoms with van der Waals surface area (Å²) in [7, 11) is 0. The second kappa shape index (κ2) is 3.72. The Labute approximate surface area is 69.4 Å². The van der Waals surface area contributed by atoms with Gasteiger partial charge in [-0.2, -0.15) is 0 Å². The van der Waals surface area contributed by atoms with Gasteiger partial charge in [0, 0.05) is 0 Å². The van der Waals surface area contributed by atoms with Gasteiger partial charge in [-0.25, -0.2) is 8.78 Å². The highest BCUT2D eigenvalue weighted by Crippen LogP contribution is 2.14. The van der Waals surface area contributed by atoms with Gasteiger partial charge < -0.3 is 5.32 Å². The minimum absolute atomic E-state index is 0.0907. The van der Waals surface area contributed by atoms with Gasteiger partial charge in [-0.3, -0.25) is 0 Å². The van der Waals surface area contributed by atoms with Gasteiger partial charge in [0.15, 0.2) is 0 Å². The molecule has 0 atom stereocenters. The van der Waals surface area contributed by atoms with Crippen LogP contribution in [-0.2, 0) is 0 Å². The molecule has 3 heteroatoms. The van der Waals surface area contributed by atoms with Gasteiger partial charge in [-0.05, 0) is 18.2 Å². The molecule has 0 aromatic heterocycles. The van der Waals surface area contributed by atoms with E-state index in [0.29, 0.717) is 0 Å². The lowest BCUT2D eigenvalue weighted by Crippen LogP contribution is -2.00. The highest BCUT2D eigenvalue weighted by molar-refractivity contribution is 5.45. The van der Waals surface area contributed by atoms with E-state index in [1.165, 1.54) is 0 Å². The average Bonchev–Trinajstić information content (AvgIpc) is 2.07. The fraction of sp³-hybridized carbons (Fsp3) is 0.111. The minimum atomic E-state index is -0.508. The van der Waals surface area contributed by atoms with Crippen molar-refractivity contribution in [1.29, 1.82) is 0 Å². The van der Waals surface area contributed by atoms with Crippen LogP contribution in [0.4, 0.5) is 14.5 Å². The Balaban J connectivity index is 2.84. The van der Waals surface area contributed by atoms with Crippen LogP contribution >= 0.6 is 0 Å². The van der Waals surface area contributed by atoms with Crippen molar-refractivity contribution in [2.24, 2.45) is 0 Å². The number of hydrogen-bond acceptors (Lipinski definition) is 1. The molecule has 0 unspecified atom stereocenters. The molecule has 0 aliphatic heterocycles. The summed E-state index contributed by atoms with van der Waals surface area (Å²) in [5.41, 5.74) is 0.0907. The molecule has 1 N–H and O–H groups in total. The molecule has 1 aromatic rings. The van der Waals surface area contributed by atoms with E-state index in [9.17, 15) is 8.78 Å². The molecular weight excluding hydrogens is 160 g/mol. The predicted molar refractivity (Wildman–Crippen MR) is 43.7 cm³/mol. The Morgan fingerprint density at radius 1 is 1.42 bits per heavy atom. The Bertz CT molecular complexity index is 315. The number of nitrogens with one attached hydrogen (secondary N) is 1. The topological polar surface area (TPSA) is 12.0 Å². The smallest absolute Gasteiger partial charge is 0.146 e. The molecule has 0 spiro atoms. The lowest BCUT2D eigenvalue weighted by atomic mass is 10.3. The first kappa shape index (κ1) is 8.54. The van der Waals surface area contributed by atoms with Gasteiger partial charge in [0.1, 0.15) is 11.6 Å². The number of benzene rings is 1. The summed E-state index contributed by atoms with van der Waals surface area (Å²) in [6.07, 6.45) is 4.94. The highest BCUT2D eigenvalue weighted by Gasteiger charge is 2.00. The maximum atomic E-state index is 12.8. The van der Waals surface area contributed by atoms with Crippen LogP contribution in [0.5, 0.6) is 0 Å². The molecule has 1 aromatic carbocycles. The van der Waals surface area contributed by atoms with Gasteiger partial charge in [-0.15, -0.1) is 6.42 Å². The zero-order valence-corrected chi connectivity index (χ0v) is 6.27. The third kappa shape index (κ3) is 1.96. The summed E-state index contributed by atoms with van der Waals surface area (Å²) >= 11 is 0. The standard InChI is InChI=1S/C9H7F2N/c1-2-5-12-9-6-7(10)3-4-8(9)11/h1,3-4,6,12H,5H2. The maximum Gasteiger partial charge on any atom is 0.146 e. The molecule has 0 aliphatic carbocycles. The molecule has 0 saturated carbocycles. The van der Waals surface area contributed by atoms with Crippen molar-refractivity contribution in [2.75, 3.05) is 11.9 Å². The van der Waals surface area contributed by atoms with Crippen LogP contribution in [0.25, 0.3) is 0 Å². The number of hydrogen-bond donors (Lipinski definition) is 1. The summed E-state index contributed by atoms with van der Waals surface area (Å²) in [4.78, 5) is 0. The molecule has 0 fully saturated rings. The van der Waals surface area contributed by atoms with Crippen LogP contribution in [0.3, 0.4) is 0 Å². The quantitative estimate of drug-likeness (QED) is 0.664. The Morgan fingerprint density at radius 3 is 2.83 bits per heavy atom. The van der Waals surface area contributed by atoms with E-state index in [0.717, 1.165) is 18.2 Å². The zero-order chi connectivity index (χ0) is 8.97. The van der Waals surface area contributed by atoms with Crippen LogP contribution in [0, 0.1) is 24.0 Å². The number of terminal acetylenes is 1. The van der Waals surface area contributed by atoms with Gasteiger partial charge >= 0.3 is 0 Å². The number of rotatable bonds is 2. The number of anilines is 1. The average molecular weight is 167 g/mol. The molecule has 0 bridgehead atoms. The van der Waals surface area contributed by atoms with Crippen LogP contribution in [0.15, 0.2) is 18.2 Å². The second-order valence-electron chi connectivity index (χ2n) is 2.18. The molecule has 0 radical (unpaired) electrons. The molecule has 1 nitrogen and oxygen atoms in total. The third-order valence-corrected chi connectivity index (χ3v) is 1.31. The van der Waals surface area contributed by atoms with Gasteiger partial charge in [0.25, 0.3) is 0 Å². The predicted octanol–water partition coefficient (Wildman–Crippen LogP) is 2.01. The molecule has 0 heterocycles. The van der Waals surface area contributed by atoms with E-state index in [2.05, 4.69) is 11.2 Å². The Morgan fingerprint density at radius 2 is 2.17 bits per heavy atom. The SMILES string of the molecule is C#CCNc1cc(F)ccc1F. The first-order valence-electron chi connectivity index (χ1n) is 3.36. The van der Waals surface area contributed by atoms with E-state index < -0.39 is 11.6 Å². The summed E-state index contributed by atoms with van der Waals surface area (Å²) in [5, 5.41) is 2.55. The first-order chi connectivity index (χ1) is 5.74. The van der Waals surface area contributed by atoms with E-state index in [4.69, 9.17) is 6.42 Å².